The van der Waals surface area contributed by atoms with Gasteiger partial charge in [-0.3, -0.25) is 4.79 Å². The fourth-order valence-corrected chi connectivity index (χ4v) is 3.34. The Morgan fingerprint density at radius 2 is 2.21 bits per heavy atom. The molecular formula is C17H26ClN5O. The van der Waals surface area contributed by atoms with Gasteiger partial charge in [0.2, 0.25) is 0 Å². The molecule has 132 valence electrons. The number of rotatable bonds is 4. The van der Waals surface area contributed by atoms with Crippen LogP contribution in [-0.2, 0) is 0 Å². The van der Waals surface area contributed by atoms with Gasteiger partial charge in [0.15, 0.2) is 5.65 Å². The molecule has 1 amide bonds. The van der Waals surface area contributed by atoms with E-state index in [1.807, 2.05) is 26.8 Å². The summed E-state index contributed by atoms with van der Waals surface area (Å²) in [7, 11) is 0. The highest BCUT2D eigenvalue weighted by Crippen LogP contribution is 2.17. The zero-order valence-corrected chi connectivity index (χ0v) is 15.4. The number of fused-ring (bicyclic) bond motifs is 1. The second kappa shape index (κ2) is 7.94. The van der Waals surface area contributed by atoms with Gasteiger partial charge in [-0.05, 0) is 65.1 Å². The summed E-state index contributed by atoms with van der Waals surface area (Å²) in [6.45, 7) is 8.66. The highest BCUT2D eigenvalue weighted by molar-refractivity contribution is 6.01. The van der Waals surface area contributed by atoms with Crippen LogP contribution in [0.2, 0.25) is 0 Å². The molecule has 0 spiro atoms. The lowest BCUT2D eigenvalue weighted by molar-refractivity contribution is 0.0951. The standard InChI is InChI=1S/C17H25N5O.ClH/c1-11-9-12(2)22-16(20-11)15(13(3)21-22)17(23)19-8-6-14-5-4-7-18-10-14;/h9,14,18H,4-8,10H2,1-3H3,(H,19,23);1H. The minimum absolute atomic E-state index is 0. The molecule has 0 aliphatic carbocycles. The minimum atomic E-state index is -0.0706. The topological polar surface area (TPSA) is 71.3 Å². The minimum Gasteiger partial charge on any atom is -0.352 e. The molecule has 1 aliphatic rings. The maximum absolute atomic E-state index is 12.6. The van der Waals surface area contributed by atoms with E-state index >= 15 is 0 Å². The molecular weight excluding hydrogens is 326 g/mol. The largest absolute Gasteiger partial charge is 0.352 e. The number of aromatic nitrogens is 3. The van der Waals surface area contributed by atoms with E-state index in [4.69, 9.17) is 0 Å². The van der Waals surface area contributed by atoms with Gasteiger partial charge in [0.25, 0.3) is 5.91 Å². The molecule has 1 unspecified atom stereocenters. The van der Waals surface area contributed by atoms with Crippen LogP contribution in [-0.4, -0.2) is 40.1 Å². The van der Waals surface area contributed by atoms with Crippen molar-refractivity contribution in [1.29, 1.82) is 0 Å². The number of nitrogens with one attached hydrogen (secondary N) is 2. The maximum Gasteiger partial charge on any atom is 0.257 e. The van der Waals surface area contributed by atoms with Crippen LogP contribution in [0, 0.1) is 26.7 Å². The lowest BCUT2D eigenvalue weighted by atomic mass is 9.96. The Kier molecular flexibility index (Phi) is 6.18. The quantitative estimate of drug-likeness (QED) is 0.885. The number of hydrogen-bond acceptors (Lipinski definition) is 4. The van der Waals surface area contributed by atoms with Crippen LogP contribution in [0.1, 0.15) is 46.7 Å². The third-order valence-electron chi connectivity index (χ3n) is 4.53. The Labute approximate surface area is 148 Å². The SMILES string of the molecule is Cc1cc(C)n2nc(C)c(C(=O)NCCC3CCCNC3)c2n1.Cl. The third-order valence-corrected chi connectivity index (χ3v) is 4.53. The highest BCUT2D eigenvalue weighted by Gasteiger charge is 2.20. The molecule has 1 atom stereocenters. The summed E-state index contributed by atoms with van der Waals surface area (Å²) in [6, 6.07) is 1.97. The highest BCUT2D eigenvalue weighted by atomic mass is 35.5. The number of carbonyl (C=O) groups is 1. The predicted octanol–water partition coefficient (Wildman–Crippen LogP) is 2.20. The molecule has 0 aromatic carbocycles. The van der Waals surface area contributed by atoms with E-state index in [9.17, 15) is 4.79 Å². The van der Waals surface area contributed by atoms with Crippen molar-refractivity contribution >= 4 is 24.0 Å². The van der Waals surface area contributed by atoms with Gasteiger partial charge in [-0.1, -0.05) is 0 Å². The van der Waals surface area contributed by atoms with E-state index in [0.717, 1.165) is 36.6 Å². The molecule has 1 aliphatic heterocycles. The number of hydrogen-bond donors (Lipinski definition) is 2. The van der Waals surface area contributed by atoms with Crippen molar-refractivity contribution in [3.05, 3.63) is 28.7 Å². The molecule has 0 saturated carbocycles. The van der Waals surface area contributed by atoms with Crippen LogP contribution in [0.5, 0.6) is 0 Å². The first kappa shape index (κ1) is 18.7. The van der Waals surface area contributed by atoms with Gasteiger partial charge in [0.1, 0.15) is 5.56 Å². The van der Waals surface area contributed by atoms with Crippen LogP contribution in [0.15, 0.2) is 6.07 Å². The second-order valence-electron chi connectivity index (χ2n) is 6.49. The van der Waals surface area contributed by atoms with Gasteiger partial charge in [-0.15, -0.1) is 12.4 Å². The summed E-state index contributed by atoms with van der Waals surface area (Å²) in [6.07, 6.45) is 3.50. The number of aryl methyl sites for hydroxylation is 3. The van der Waals surface area contributed by atoms with Crippen LogP contribution < -0.4 is 10.6 Å². The molecule has 7 heteroatoms. The first-order valence-electron chi connectivity index (χ1n) is 8.38. The van der Waals surface area contributed by atoms with Gasteiger partial charge in [-0.2, -0.15) is 5.10 Å². The number of nitrogens with zero attached hydrogens (tertiary/aromatic N) is 3. The molecule has 1 saturated heterocycles. The van der Waals surface area contributed by atoms with Crippen molar-refractivity contribution in [2.75, 3.05) is 19.6 Å². The number of amides is 1. The zero-order valence-electron chi connectivity index (χ0n) is 14.6. The van der Waals surface area contributed by atoms with Crippen LogP contribution in [0.3, 0.4) is 0 Å². The van der Waals surface area contributed by atoms with Crippen LogP contribution in [0.25, 0.3) is 5.65 Å². The fraction of sp³-hybridized carbons (Fsp3) is 0.588. The van der Waals surface area contributed by atoms with E-state index in [0.29, 0.717) is 23.7 Å². The summed E-state index contributed by atoms with van der Waals surface area (Å²) >= 11 is 0. The van der Waals surface area contributed by atoms with Crippen LogP contribution >= 0.6 is 12.4 Å². The lowest BCUT2D eigenvalue weighted by Crippen LogP contribution is -2.33. The normalized spacial score (nSPS) is 17.5. The van der Waals surface area contributed by atoms with E-state index in [1.54, 1.807) is 4.52 Å². The fourth-order valence-electron chi connectivity index (χ4n) is 3.34. The molecule has 2 aromatic rings. The average molecular weight is 352 g/mol. The smallest absolute Gasteiger partial charge is 0.257 e. The molecule has 0 bridgehead atoms. The molecule has 3 heterocycles. The van der Waals surface area contributed by atoms with Crippen molar-refractivity contribution in [1.82, 2.24) is 25.2 Å². The van der Waals surface area contributed by atoms with E-state index in [2.05, 4.69) is 20.7 Å². The number of carbonyl (C=O) groups excluding carboxylic acids is 1. The molecule has 0 radical (unpaired) electrons. The Morgan fingerprint density at radius 3 is 2.92 bits per heavy atom. The zero-order chi connectivity index (χ0) is 16.4. The Morgan fingerprint density at radius 1 is 1.42 bits per heavy atom. The monoisotopic (exact) mass is 351 g/mol. The van der Waals surface area contributed by atoms with Crippen molar-refractivity contribution in [3.8, 4) is 0 Å². The Balaban J connectivity index is 0.00000208. The molecule has 24 heavy (non-hydrogen) atoms. The summed E-state index contributed by atoms with van der Waals surface area (Å²) < 4.78 is 1.75. The summed E-state index contributed by atoms with van der Waals surface area (Å²) in [5.41, 5.74) is 3.86. The van der Waals surface area contributed by atoms with E-state index in [1.165, 1.54) is 12.8 Å². The van der Waals surface area contributed by atoms with Gasteiger partial charge in [-0.25, -0.2) is 9.50 Å². The van der Waals surface area contributed by atoms with E-state index < -0.39 is 0 Å². The summed E-state index contributed by atoms with van der Waals surface area (Å²) in [5, 5.41) is 10.9. The number of halogens is 1. The van der Waals surface area contributed by atoms with Gasteiger partial charge in [0, 0.05) is 17.9 Å². The third kappa shape index (κ3) is 3.87. The Hall–Kier alpha value is -1.66. The first-order chi connectivity index (χ1) is 11.1. The van der Waals surface area contributed by atoms with Gasteiger partial charge < -0.3 is 10.6 Å². The molecule has 3 rings (SSSR count). The molecule has 6 nitrogen and oxygen atoms in total. The summed E-state index contributed by atoms with van der Waals surface area (Å²) in [4.78, 5) is 17.1. The molecule has 2 aromatic heterocycles. The van der Waals surface area contributed by atoms with Crippen molar-refractivity contribution < 1.29 is 4.79 Å². The Bertz CT molecular complexity index is 721. The van der Waals surface area contributed by atoms with Gasteiger partial charge >= 0.3 is 0 Å². The first-order valence-corrected chi connectivity index (χ1v) is 8.38. The average Bonchev–Trinajstić information content (AvgIpc) is 2.85. The second-order valence-corrected chi connectivity index (χ2v) is 6.49. The number of piperidine rings is 1. The van der Waals surface area contributed by atoms with E-state index in [-0.39, 0.29) is 18.3 Å². The predicted molar refractivity (Wildman–Crippen MR) is 97.0 cm³/mol. The lowest BCUT2D eigenvalue weighted by Gasteiger charge is -2.22. The van der Waals surface area contributed by atoms with Crippen molar-refractivity contribution in [2.24, 2.45) is 5.92 Å². The molecule has 1 fully saturated rings. The van der Waals surface area contributed by atoms with Crippen molar-refractivity contribution in [2.45, 2.75) is 40.0 Å². The molecule has 2 N–H and O–H groups in total. The van der Waals surface area contributed by atoms with Gasteiger partial charge in [0.05, 0.1) is 5.69 Å². The van der Waals surface area contributed by atoms with Crippen LogP contribution in [0.4, 0.5) is 0 Å². The van der Waals surface area contributed by atoms with Crippen molar-refractivity contribution in [3.63, 3.8) is 0 Å². The maximum atomic E-state index is 12.6. The summed E-state index contributed by atoms with van der Waals surface area (Å²) in [5.74, 6) is 0.593.